The standard InChI is InChI=1S/C22H28N2O2/c1-18-5-9-20(10-6-18)22(25)24-16-14-23(15-17-24)13-3-4-19-7-11-21(26-2)12-8-19/h5-12H,3-4,13-17H2,1-2H3. The van der Waals surface area contributed by atoms with Crippen LogP contribution in [0, 0.1) is 6.92 Å². The fourth-order valence-electron chi connectivity index (χ4n) is 3.35. The molecule has 1 heterocycles. The Hall–Kier alpha value is -2.33. The molecular weight excluding hydrogens is 324 g/mol. The molecule has 0 aromatic heterocycles. The van der Waals surface area contributed by atoms with Crippen LogP contribution in [0.4, 0.5) is 0 Å². The first kappa shape index (κ1) is 18.5. The Morgan fingerprint density at radius 3 is 2.23 bits per heavy atom. The van der Waals surface area contributed by atoms with Gasteiger partial charge in [-0.2, -0.15) is 0 Å². The minimum Gasteiger partial charge on any atom is -0.497 e. The summed E-state index contributed by atoms with van der Waals surface area (Å²) in [5, 5.41) is 0. The van der Waals surface area contributed by atoms with Crippen LogP contribution in [0.25, 0.3) is 0 Å². The van der Waals surface area contributed by atoms with Crippen LogP contribution >= 0.6 is 0 Å². The first-order valence-electron chi connectivity index (χ1n) is 9.37. The zero-order valence-electron chi connectivity index (χ0n) is 15.8. The van der Waals surface area contributed by atoms with Crippen molar-refractivity contribution in [2.75, 3.05) is 39.8 Å². The molecule has 26 heavy (non-hydrogen) atoms. The number of ether oxygens (including phenoxy) is 1. The molecule has 0 aliphatic carbocycles. The van der Waals surface area contributed by atoms with Crippen LogP contribution in [0.5, 0.6) is 5.75 Å². The summed E-state index contributed by atoms with van der Waals surface area (Å²) >= 11 is 0. The van der Waals surface area contributed by atoms with Crippen LogP contribution in [0.2, 0.25) is 0 Å². The first-order chi connectivity index (χ1) is 12.7. The van der Waals surface area contributed by atoms with Crippen LogP contribution in [-0.4, -0.2) is 55.5 Å². The lowest BCUT2D eigenvalue weighted by atomic mass is 10.1. The van der Waals surface area contributed by atoms with Gasteiger partial charge in [-0.3, -0.25) is 9.69 Å². The summed E-state index contributed by atoms with van der Waals surface area (Å²) in [6.45, 7) is 6.67. The highest BCUT2D eigenvalue weighted by Crippen LogP contribution is 2.14. The molecule has 2 aromatic rings. The molecule has 138 valence electrons. The monoisotopic (exact) mass is 352 g/mol. The molecule has 4 nitrogen and oxygen atoms in total. The van der Waals surface area contributed by atoms with Gasteiger partial charge in [0.2, 0.25) is 0 Å². The van der Waals surface area contributed by atoms with Gasteiger partial charge in [-0.05, 0) is 56.1 Å². The van der Waals surface area contributed by atoms with E-state index >= 15 is 0 Å². The van der Waals surface area contributed by atoms with E-state index in [9.17, 15) is 4.79 Å². The van der Waals surface area contributed by atoms with E-state index in [0.29, 0.717) is 0 Å². The predicted molar refractivity (Wildman–Crippen MR) is 105 cm³/mol. The van der Waals surface area contributed by atoms with Crippen LogP contribution in [0.3, 0.4) is 0 Å². The van der Waals surface area contributed by atoms with Gasteiger partial charge in [0.05, 0.1) is 7.11 Å². The summed E-state index contributed by atoms with van der Waals surface area (Å²) in [6, 6.07) is 16.2. The van der Waals surface area contributed by atoms with Crippen molar-refractivity contribution in [3.63, 3.8) is 0 Å². The molecule has 1 fully saturated rings. The molecule has 0 saturated carbocycles. The number of rotatable bonds is 6. The van der Waals surface area contributed by atoms with E-state index in [-0.39, 0.29) is 5.91 Å². The summed E-state index contributed by atoms with van der Waals surface area (Å²) in [7, 11) is 1.69. The molecule has 0 unspecified atom stereocenters. The Balaban J connectivity index is 1.40. The van der Waals surface area contributed by atoms with Gasteiger partial charge < -0.3 is 9.64 Å². The van der Waals surface area contributed by atoms with Crippen molar-refractivity contribution in [1.29, 1.82) is 0 Å². The largest absolute Gasteiger partial charge is 0.497 e. The van der Waals surface area contributed by atoms with E-state index in [2.05, 4.69) is 17.0 Å². The number of methoxy groups -OCH3 is 1. The lowest BCUT2D eigenvalue weighted by Crippen LogP contribution is -2.48. The number of hydrogen-bond donors (Lipinski definition) is 0. The van der Waals surface area contributed by atoms with E-state index in [1.807, 2.05) is 48.2 Å². The first-order valence-corrected chi connectivity index (χ1v) is 9.37. The fourth-order valence-corrected chi connectivity index (χ4v) is 3.35. The van der Waals surface area contributed by atoms with E-state index in [1.54, 1.807) is 7.11 Å². The Kier molecular flexibility index (Phi) is 6.29. The minimum atomic E-state index is 0.155. The molecule has 0 atom stereocenters. The quantitative estimate of drug-likeness (QED) is 0.799. The van der Waals surface area contributed by atoms with Crippen molar-refractivity contribution in [2.24, 2.45) is 0 Å². The van der Waals surface area contributed by atoms with E-state index < -0.39 is 0 Å². The van der Waals surface area contributed by atoms with Crippen molar-refractivity contribution in [3.05, 3.63) is 65.2 Å². The van der Waals surface area contributed by atoms with Crippen molar-refractivity contribution in [1.82, 2.24) is 9.80 Å². The SMILES string of the molecule is COc1ccc(CCCN2CCN(C(=O)c3ccc(C)cc3)CC2)cc1. The number of carbonyl (C=O) groups is 1. The van der Waals surface area contributed by atoms with Crippen LogP contribution in [0.15, 0.2) is 48.5 Å². The molecule has 3 rings (SSSR count). The van der Waals surface area contributed by atoms with Gasteiger partial charge >= 0.3 is 0 Å². The molecule has 1 aliphatic heterocycles. The smallest absolute Gasteiger partial charge is 0.253 e. The van der Waals surface area contributed by atoms with Gasteiger partial charge in [0.1, 0.15) is 5.75 Å². The average molecular weight is 352 g/mol. The van der Waals surface area contributed by atoms with Crippen LogP contribution in [-0.2, 0) is 6.42 Å². The van der Waals surface area contributed by atoms with Crippen LogP contribution in [0.1, 0.15) is 27.9 Å². The van der Waals surface area contributed by atoms with Gasteiger partial charge in [-0.25, -0.2) is 0 Å². The highest BCUT2D eigenvalue weighted by Gasteiger charge is 2.21. The number of benzene rings is 2. The molecule has 1 amide bonds. The maximum Gasteiger partial charge on any atom is 0.253 e. The zero-order chi connectivity index (χ0) is 18.4. The Bertz CT molecular complexity index is 702. The molecule has 0 spiro atoms. The van der Waals surface area contributed by atoms with Crippen molar-refractivity contribution >= 4 is 5.91 Å². The summed E-state index contributed by atoms with van der Waals surface area (Å²) in [5.74, 6) is 1.06. The third kappa shape index (κ3) is 4.85. The highest BCUT2D eigenvalue weighted by atomic mass is 16.5. The summed E-state index contributed by atoms with van der Waals surface area (Å²) in [6.07, 6.45) is 2.21. The highest BCUT2D eigenvalue weighted by molar-refractivity contribution is 5.94. The molecular formula is C22H28N2O2. The molecule has 0 N–H and O–H groups in total. The third-order valence-corrected chi connectivity index (χ3v) is 5.06. The zero-order valence-corrected chi connectivity index (χ0v) is 15.8. The predicted octanol–water partition coefficient (Wildman–Crippen LogP) is 3.39. The molecule has 4 heteroatoms. The van der Waals surface area contributed by atoms with Gasteiger partial charge in [-0.1, -0.05) is 29.8 Å². The number of aryl methyl sites for hydroxylation is 2. The molecule has 1 saturated heterocycles. The molecule has 2 aromatic carbocycles. The number of nitrogens with zero attached hydrogens (tertiary/aromatic N) is 2. The van der Waals surface area contributed by atoms with Gasteiger partial charge in [-0.15, -0.1) is 0 Å². The molecule has 1 aliphatic rings. The van der Waals surface area contributed by atoms with Crippen molar-refractivity contribution in [3.8, 4) is 5.75 Å². The maximum atomic E-state index is 12.6. The Labute approximate surface area is 156 Å². The second-order valence-electron chi connectivity index (χ2n) is 6.95. The maximum absolute atomic E-state index is 12.6. The topological polar surface area (TPSA) is 32.8 Å². The summed E-state index contributed by atoms with van der Waals surface area (Å²) < 4.78 is 5.20. The normalized spacial score (nSPS) is 15.1. The number of hydrogen-bond acceptors (Lipinski definition) is 3. The lowest BCUT2D eigenvalue weighted by molar-refractivity contribution is 0.0636. The molecule has 0 bridgehead atoms. The fraction of sp³-hybridized carbons (Fsp3) is 0.409. The Morgan fingerprint density at radius 2 is 1.62 bits per heavy atom. The average Bonchev–Trinajstić information content (AvgIpc) is 2.69. The summed E-state index contributed by atoms with van der Waals surface area (Å²) in [5.41, 5.74) is 3.32. The Morgan fingerprint density at radius 1 is 0.962 bits per heavy atom. The third-order valence-electron chi connectivity index (χ3n) is 5.06. The van der Waals surface area contributed by atoms with Crippen LogP contribution < -0.4 is 4.74 Å². The van der Waals surface area contributed by atoms with Gasteiger partial charge in [0.25, 0.3) is 5.91 Å². The summed E-state index contributed by atoms with van der Waals surface area (Å²) in [4.78, 5) is 17.0. The number of amides is 1. The van der Waals surface area contributed by atoms with Crippen molar-refractivity contribution < 1.29 is 9.53 Å². The van der Waals surface area contributed by atoms with Gasteiger partial charge in [0.15, 0.2) is 0 Å². The van der Waals surface area contributed by atoms with E-state index in [1.165, 1.54) is 11.1 Å². The second kappa shape index (κ2) is 8.86. The number of carbonyl (C=O) groups excluding carboxylic acids is 1. The number of piperazine rings is 1. The second-order valence-corrected chi connectivity index (χ2v) is 6.95. The minimum absolute atomic E-state index is 0.155. The van der Waals surface area contributed by atoms with E-state index in [4.69, 9.17) is 4.74 Å². The molecule has 0 radical (unpaired) electrons. The van der Waals surface area contributed by atoms with Crippen molar-refractivity contribution in [2.45, 2.75) is 19.8 Å². The lowest BCUT2D eigenvalue weighted by Gasteiger charge is -2.34. The van der Waals surface area contributed by atoms with E-state index in [0.717, 1.165) is 56.9 Å². The van der Waals surface area contributed by atoms with Gasteiger partial charge in [0, 0.05) is 31.7 Å².